The lowest BCUT2D eigenvalue weighted by Gasteiger charge is -2.15. The van der Waals surface area contributed by atoms with Crippen molar-refractivity contribution in [3.05, 3.63) is 60.2 Å². The standard InChI is InChI=1S/C22H26N2O4/c25-21(24-14-6-7-15-24)12-13-23-22(26)19-10-4-5-11-20(19)28-17-16-27-18-8-2-1-3-9-18/h1-5,8-11H,6-7,12-17H2,(H,23,26). The fourth-order valence-corrected chi connectivity index (χ4v) is 3.11. The third kappa shape index (κ3) is 5.74. The number of carbonyl (C=O) groups excluding carboxylic acids is 2. The molecule has 1 saturated heterocycles. The van der Waals surface area contributed by atoms with Crippen molar-refractivity contribution in [3.8, 4) is 11.5 Å². The van der Waals surface area contributed by atoms with Crippen molar-refractivity contribution in [1.29, 1.82) is 0 Å². The number of rotatable bonds is 9. The Labute approximate surface area is 165 Å². The molecule has 0 radical (unpaired) electrons. The maximum absolute atomic E-state index is 12.5. The Morgan fingerprint density at radius 2 is 1.57 bits per heavy atom. The van der Waals surface area contributed by atoms with E-state index in [1.54, 1.807) is 18.2 Å². The largest absolute Gasteiger partial charge is 0.490 e. The van der Waals surface area contributed by atoms with E-state index in [9.17, 15) is 9.59 Å². The lowest BCUT2D eigenvalue weighted by Crippen LogP contribution is -2.32. The van der Waals surface area contributed by atoms with Crippen LogP contribution in [0.15, 0.2) is 54.6 Å². The van der Waals surface area contributed by atoms with Crippen LogP contribution in [0.4, 0.5) is 0 Å². The average molecular weight is 382 g/mol. The summed E-state index contributed by atoms with van der Waals surface area (Å²) in [6.45, 7) is 2.68. The van der Waals surface area contributed by atoms with Crippen LogP contribution in [-0.2, 0) is 4.79 Å². The highest BCUT2D eigenvalue weighted by atomic mass is 16.5. The van der Waals surface area contributed by atoms with Gasteiger partial charge in [0.1, 0.15) is 24.7 Å². The van der Waals surface area contributed by atoms with Crippen LogP contribution in [0.5, 0.6) is 11.5 Å². The van der Waals surface area contributed by atoms with E-state index < -0.39 is 0 Å². The molecule has 1 aliphatic heterocycles. The lowest BCUT2D eigenvalue weighted by atomic mass is 10.2. The predicted molar refractivity (Wildman–Crippen MR) is 107 cm³/mol. The molecule has 1 fully saturated rings. The fraction of sp³-hybridized carbons (Fsp3) is 0.364. The number of hydrogen-bond acceptors (Lipinski definition) is 4. The van der Waals surface area contributed by atoms with Crippen LogP contribution in [0.25, 0.3) is 0 Å². The van der Waals surface area contributed by atoms with Crippen LogP contribution in [0.2, 0.25) is 0 Å². The number of carbonyl (C=O) groups is 2. The molecule has 0 saturated carbocycles. The number of benzene rings is 2. The zero-order valence-electron chi connectivity index (χ0n) is 15.9. The number of nitrogens with one attached hydrogen (secondary N) is 1. The van der Waals surface area contributed by atoms with E-state index in [0.717, 1.165) is 31.7 Å². The van der Waals surface area contributed by atoms with E-state index in [1.165, 1.54) is 0 Å². The van der Waals surface area contributed by atoms with Gasteiger partial charge >= 0.3 is 0 Å². The third-order valence-electron chi connectivity index (χ3n) is 4.57. The molecule has 2 amide bonds. The Bertz CT molecular complexity index is 773. The molecule has 1 N–H and O–H groups in total. The Hall–Kier alpha value is -3.02. The minimum atomic E-state index is -0.242. The van der Waals surface area contributed by atoms with Gasteiger partial charge in [0, 0.05) is 26.1 Å². The van der Waals surface area contributed by atoms with Crippen LogP contribution < -0.4 is 14.8 Å². The summed E-state index contributed by atoms with van der Waals surface area (Å²) in [6.07, 6.45) is 2.45. The summed E-state index contributed by atoms with van der Waals surface area (Å²) >= 11 is 0. The lowest BCUT2D eigenvalue weighted by molar-refractivity contribution is -0.129. The van der Waals surface area contributed by atoms with Crippen LogP contribution >= 0.6 is 0 Å². The second-order valence-corrected chi connectivity index (χ2v) is 6.60. The minimum absolute atomic E-state index is 0.0976. The van der Waals surface area contributed by atoms with E-state index in [4.69, 9.17) is 9.47 Å². The number of hydrogen-bond donors (Lipinski definition) is 1. The maximum Gasteiger partial charge on any atom is 0.255 e. The first-order valence-electron chi connectivity index (χ1n) is 9.70. The van der Waals surface area contributed by atoms with Crippen molar-refractivity contribution in [3.63, 3.8) is 0 Å². The first kappa shape index (κ1) is 19.7. The Morgan fingerprint density at radius 1 is 0.893 bits per heavy atom. The average Bonchev–Trinajstić information content (AvgIpc) is 3.27. The fourth-order valence-electron chi connectivity index (χ4n) is 3.11. The molecule has 6 nitrogen and oxygen atoms in total. The van der Waals surface area contributed by atoms with Gasteiger partial charge in [0.15, 0.2) is 0 Å². The number of para-hydroxylation sites is 2. The molecule has 6 heteroatoms. The Balaban J connectivity index is 1.44. The maximum atomic E-state index is 12.5. The monoisotopic (exact) mass is 382 g/mol. The van der Waals surface area contributed by atoms with Crippen LogP contribution in [0, 0.1) is 0 Å². The minimum Gasteiger partial charge on any atom is -0.490 e. The molecule has 0 aromatic heterocycles. The number of likely N-dealkylation sites (tertiary alicyclic amines) is 1. The molecular weight excluding hydrogens is 356 g/mol. The van der Waals surface area contributed by atoms with Gasteiger partial charge in [0.05, 0.1) is 5.56 Å². The van der Waals surface area contributed by atoms with Crippen LogP contribution in [-0.4, -0.2) is 49.6 Å². The SMILES string of the molecule is O=C(NCCC(=O)N1CCCC1)c1ccccc1OCCOc1ccccc1. The smallest absolute Gasteiger partial charge is 0.255 e. The molecule has 0 unspecified atom stereocenters. The summed E-state index contributed by atoms with van der Waals surface area (Å²) in [4.78, 5) is 26.4. The van der Waals surface area contributed by atoms with Gasteiger partial charge in [0.2, 0.25) is 5.91 Å². The van der Waals surface area contributed by atoms with Crippen molar-refractivity contribution in [1.82, 2.24) is 10.2 Å². The van der Waals surface area contributed by atoms with E-state index in [1.807, 2.05) is 41.3 Å². The molecular formula is C22H26N2O4. The molecule has 148 valence electrons. The van der Waals surface area contributed by atoms with Crippen molar-refractivity contribution in [2.45, 2.75) is 19.3 Å². The topological polar surface area (TPSA) is 67.9 Å². The molecule has 3 rings (SSSR count). The summed E-state index contributed by atoms with van der Waals surface area (Å²) < 4.78 is 11.3. The zero-order valence-corrected chi connectivity index (χ0v) is 15.9. The van der Waals surface area contributed by atoms with Gasteiger partial charge in [-0.1, -0.05) is 30.3 Å². The van der Waals surface area contributed by atoms with Gasteiger partial charge in [-0.3, -0.25) is 9.59 Å². The number of nitrogens with zero attached hydrogens (tertiary/aromatic N) is 1. The van der Waals surface area contributed by atoms with E-state index in [0.29, 0.717) is 37.5 Å². The molecule has 1 heterocycles. The number of amides is 2. The van der Waals surface area contributed by atoms with Crippen molar-refractivity contribution < 1.29 is 19.1 Å². The molecule has 0 atom stereocenters. The van der Waals surface area contributed by atoms with Crippen molar-refractivity contribution >= 4 is 11.8 Å². The summed E-state index contributed by atoms with van der Waals surface area (Å²) in [5, 5.41) is 2.81. The molecule has 28 heavy (non-hydrogen) atoms. The Kier molecular flexibility index (Phi) is 7.29. The summed E-state index contributed by atoms with van der Waals surface area (Å²) in [5.41, 5.74) is 0.454. The normalized spacial score (nSPS) is 13.2. The zero-order chi connectivity index (χ0) is 19.6. The van der Waals surface area contributed by atoms with Gasteiger partial charge in [-0.2, -0.15) is 0 Å². The van der Waals surface area contributed by atoms with Crippen molar-refractivity contribution in [2.75, 3.05) is 32.8 Å². The van der Waals surface area contributed by atoms with Gasteiger partial charge in [-0.05, 0) is 37.1 Å². The van der Waals surface area contributed by atoms with E-state index >= 15 is 0 Å². The molecule has 0 spiro atoms. The molecule has 0 bridgehead atoms. The van der Waals surface area contributed by atoms with Crippen LogP contribution in [0.1, 0.15) is 29.6 Å². The number of ether oxygens (including phenoxy) is 2. The third-order valence-corrected chi connectivity index (χ3v) is 4.57. The summed E-state index contributed by atoms with van der Waals surface area (Å²) in [5.74, 6) is 1.14. The molecule has 0 aliphatic carbocycles. The molecule has 2 aromatic carbocycles. The van der Waals surface area contributed by atoms with E-state index in [-0.39, 0.29) is 11.8 Å². The first-order chi connectivity index (χ1) is 13.7. The second-order valence-electron chi connectivity index (χ2n) is 6.60. The highest BCUT2D eigenvalue weighted by Gasteiger charge is 2.18. The van der Waals surface area contributed by atoms with Gasteiger partial charge < -0.3 is 19.7 Å². The van der Waals surface area contributed by atoms with Gasteiger partial charge in [-0.25, -0.2) is 0 Å². The van der Waals surface area contributed by atoms with Gasteiger partial charge in [-0.15, -0.1) is 0 Å². The van der Waals surface area contributed by atoms with Gasteiger partial charge in [0.25, 0.3) is 5.91 Å². The van der Waals surface area contributed by atoms with Crippen molar-refractivity contribution in [2.24, 2.45) is 0 Å². The highest BCUT2D eigenvalue weighted by Crippen LogP contribution is 2.18. The quantitative estimate of drug-likeness (QED) is 0.677. The summed E-state index contributed by atoms with van der Waals surface area (Å²) in [7, 11) is 0. The highest BCUT2D eigenvalue weighted by molar-refractivity contribution is 5.97. The molecule has 2 aromatic rings. The first-order valence-corrected chi connectivity index (χ1v) is 9.70. The van der Waals surface area contributed by atoms with E-state index in [2.05, 4.69) is 5.32 Å². The Morgan fingerprint density at radius 3 is 2.36 bits per heavy atom. The summed E-state index contributed by atoms with van der Waals surface area (Å²) in [6, 6.07) is 16.6. The second kappa shape index (κ2) is 10.3. The predicted octanol–water partition coefficient (Wildman–Crippen LogP) is 2.89. The van der Waals surface area contributed by atoms with Crippen LogP contribution in [0.3, 0.4) is 0 Å². The molecule has 1 aliphatic rings.